The van der Waals surface area contributed by atoms with E-state index in [2.05, 4.69) is 15.7 Å². The molecule has 0 radical (unpaired) electrons. The lowest BCUT2D eigenvalue weighted by Gasteiger charge is -2.25. The lowest BCUT2D eigenvalue weighted by molar-refractivity contribution is -0.114. The van der Waals surface area contributed by atoms with Gasteiger partial charge in [0.15, 0.2) is 5.69 Å². The molecule has 0 saturated carbocycles. The van der Waals surface area contributed by atoms with Gasteiger partial charge in [-0.1, -0.05) is 0 Å². The van der Waals surface area contributed by atoms with E-state index in [-0.39, 0.29) is 17.6 Å². The number of carboxylic acid groups (broad SMARTS) is 1. The molecule has 0 bridgehead atoms. The zero-order chi connectivity index (χ0) is 16.4. The lowest BCUT2D eigenvalue weighted by Crippen LogP contribution is -2.21. The van der Waals surface area contributed by atoms with E-state index < -0.39 is 5.97 Å². The van der Waals surface area contributed by atoms with E-state index in [1.165, 1.54) is 6.92 Å². The zero-order valence-electron chi connectivity index (χ0n) is 12.7. The monoisotopic (exact) mass is 314 g/mol. The Morgan fingerprint density at radius 1 is 1.26 bits per heavy atom. The summed E-state index contributed by atoms with van der Waals surface area (Å²) in [4.78, 5) is 22.1. The number of nitrogens with one attached hydrogen (secondary N) is 2. The molecule has 1 amide bonds. The summed E-state index contributed by atoms with van der Waals surface area (Å²) >= 11 is 0. The number of hydrogen-bond acceptors (Lipinski definition) is 4. The number of hydrogen-bond donors (Lipinski definition) is 3. The second-order valence-corrected chi connectivity index (χ2v) is 5.58. The Labute approximate surface area is 133 Å². The van der Waals surface area contributed by atoms with E-state index in [1.54, 1.807) is 10.7 Å². The maximum atomic E-state index is 11.1. The summed E-state index contributed by atoms with van der Waals surface area (Å²) in [5.41, 5.74) is 2.62. The van der Waals surface area contributed by atoms with Gasteiger partial charge in [-0.15, -0.1) is 0 Å². The summed E-state index contributed by atoms with van der Waals surface area (Å²) in [5, 5.41) is 19.3. The van der Waals surface area contributed by atoms with Crippen molar-refractivity contribution in [3.05, 3.63) is 41.7 Å². The summed E-state index contributed by atoms with van der Waals surface area (Å²) in [6.07, 6.45) is 1.85. The first-order valence-corrected chi connectivity index (χ1v) is 7.48. The molecule has 0 fully saturated rings. The van der Waals surface area contributed by atoms with Crippen molar-refractivity contribution in [2.24, 2.45) is 0 Å². The molecule has 1 unspecified atom stereocenters. The zero-order valence-corrected chi connectivity index (χ0v) is 12.7. The van der Waals surface area contributed by atoms with E-state index in [4.69, 9.17) is 5.11 Å². The molecule has 1 aromatic heterocycles. The van der Waals surface area contributed by atoms with Crippen molar-refractivity contribution in [3.8, 4) is 0 Å². The molecule has 0 saturated heterocycles. The number of fused-ring (bicyclic) bond motifs is 1. The number of nitrogens with zero attached hydrogens (tertiary/aromatic N) is 2. The molecule has 3 rings (SSSR count). The average Bonchev–Trinajstić information content (AvgIpc) is 2.94. The highest BCUT2D eigenvalue weighted by Crippen LogP contribution is 2.29. The molecule has 2 aromatic rings. The van der Waals surface area contributed by atoms with E-state index in [0.717, 1.165) is 36.5 Å². The second-order valence-electron chi connectivity index (χ2n) is 5.58. The number of anilines is 2. The molecule has 2 heterocycles. The van der Waals surface area contributed by atoms with Crippen LogP contribution < -0.4 is 10.6 Å². The van der Waals surface area contributed by atoms with Crippen molar-refractivity contribution < 1.29 is 14.7 Å². The van der Waals surface area contributed by atoms with Gasteiger partial charge in [-0.05, 0) is 43.2 Å². The number of rotatable bonds is 4. The second kappa shape index (κ2) is 6.12. The van der Waals surface area contributed by atoms with Crippen LogP contribution in [0.1, 0.15) is 42.0 Å². The molecule has 1 aliphatic heterocycles. The van der Waals surface area contributed by atoms with Crippen molar-refractivity contribution in [1.82, 2.24) is 9.78 Å². The number of aromatic nitrogens is 2. The summed E-state index contributed by atoms with van der Waals surface area (Å²) in [6, 6.07) is 9.08. The quantitative estimate of drug-likeness (QED) is 0.805. The van der Waals surface area contributed by atoms with Gasteiger partial charge in [0, 0.05) is 24.8 Å². The van der Waals surface area contributed by atoms with Crippen LogP contribution in [0.25, 0.3) is 0 Å². The maximum absolute atomic E-state index is 11.1. The fraction of sp³-hybridized carbons (Fsp3) is 0.312. The van der Waals surface area contributed by atoms with Gasteiger partial charge in [0.2, 0.25) is 5.91 Å². The number of amides is 1. The predicted octanol–water partition coefficient (Wildman–Crippen LogP) is 2.49. The van der Waals surface area contributed by atoms with Crippen LogP contribution in [0.15, 0.2) is 30.3 Å². The number of carbonyl (C=O) groups is 2. The molecule has 0 spiro atoms. The molecule has 3 N–H and O–H groups in total. The van der Waals surface area contributed by atoms with Gasteiger partial charge < -0.3 is 15.7 Å². The Balaban J connectivity index is 1.76. The highest BCUT2D eigenvalue weighted by Gasteiger charge is 2.24. The first kappa shape index (κ1) is 15.1. The third kappa shape index (κ3) is 3.33. The summed E-state index contributed by atoms with van der Waals surface area (Å²) in [7, 11) is 0. The molecule has 0 aliphatic carbocycles. The number of aromatic carboxylic acids is 1. The molecule has 120 valence electrons. The Bertz CT molecular complexity index is 736. The fourth-order valence-electron chi connectivity index (χ4n) is 2.79. The van der Waals surface area contributed by atoms with Crippen LogP contribution in [-0.4, -0.2) is 26.8 Å². The van der Waals surface area contributed by atoms with Crippen molar-refractivity contribution in [2.45, 2.75) is 32.4 Å². The highest BCUT2D eigenvalue weighted by molar-refractivity contribution is 5.88. The maximum Gasteiger partial charge on any atom is 0.356 e. The van der Waals surface area contributed by atoms with Crippen molar-refractivity contribution in [1.29, 1.82) is 0 Å². The van der Waals surface area contributed by atoms with Crippen molar-refractivity contribution >= 4 is 23.3 Å². The molecular weight excluding hydrogens is 296 g/mol. The minimum atomic E-state index is -1.01. The van der Waals surface area contributed by atoms with Crippen LogP contribution in [0.2, 0.25) is 0 Å². The molecule has 7 nitrogen and oxygen atoms in total. The first-order valence-electron chi connectivity index (χ1n) is 7.48. The van der Waals surface area contributed by atoms with Crippen molar-refractivity contribution in [3.63, 3.8) is 0 Å². The summed E-state index contributed by atoms with van der Waals surface area (Å²) in [5.74, 6) is -1.12. The van der Waals surface area contributed by atoms with Gasteiger partial charge >= 0.3 is 5.97 Å². The van der Waals surface area contributed by atoms with E-state index in [1.807, 2.05) is 24.3 Å². The van der Waals surface area contributed by atoms with Gasteiger partial charge in [0.1, 0.15) is 0 Å². The predicted molar refractivity (Wildman–Crippen MR) is 85.5 cm³/mol. The number of carboxylic acids is 1. The highest BCUT2D eigenvalue weighted by atomic mass is 16.4. The molecule has 23 heavy (non-hydrogen) atoms. The molecule has 1 aliphatic rings. The lowest BCUT2D eigenvalue weighted by atomic mass is 10.0. The Morgan fingerprint density at radius 2 is 1.96 bits per heavy atom. The van der Waals surface area contributed by atoms with Gasteiger partial charge in [-0.3, -0.25) is 9.48 Å². The largest absolute Gasteiger partial charge is 0.476 e. The normalized spacial score (nSPS) is 16.5. The Hall–Kier alpha value is -2.83. The average molecular weight is 314 g/mol. The van der Waals surface area contributed by atoms with Crippen LogP contribution in [0.5, 0.6) is 0 Å². The Kier molecular flexibility index (Phi) is 4.01. The fourth-order valence-corrected chi connectivity index (χ4v) is 2.79. The molecular formula is C16H18N4O3. The van der Waals surface area contributed by atoms with E-state index in [9.17, 15) is 9.59 Å². The SMILES string of the molecule is CC(=O)Nc1ccc(NC2CCCn3nc(C(=O)O)cc32)cc1. The molecule has 1 aromatic carbocycles. The smallest absolute Gasteiger partial charge is 0.356 e. The van der Waals surface area contributed by atoms with Crippen LogP contribution >= 0.6 is 0 Å². The number of benzene rings is 1. The van der Waals surface area contributed by atoms with Crippen LogP contribution in [0.4, 0.5) is 11.4 Å². The van der Waals surface area contributed by atoms with Gasteiger partial charge in [-0.25, -0.2) is 4.79 Å². The standard InChI is InChI=1S/C16H18N4O3/c1-10(21)17-11-4-6-12(7-5-11)18-13-3-2-8-20-15(13)9-14(19-20)16(22)23/h4-7,9,13,18H,2-3,8H2,1H3,(H,17,21)(H,22,23). The summed E-state index contributed by atoms with van der Waals surface area (Å²) in [6.45, 7) is 2.21. The number of aryl methyl sites for hydroxylation is 1. The van der Waals surface area contributed by atoms with E-state index in [0.29, 0.717) is 0 Å². The van der Waals surface area contributed by atoms with Crippen LogP contribution in [0.3, 0.4) is 0 Å². The third-order valence-corrected chi connectivity index (χ3v) is 3.80. The van der Waals surface area contributed by atoms with Crippen LogP contribution in [0, 0.1) is 0 Å². The summed E-state index contributed by atoms with van der Waals surface area (Å²) < 4.78 is 1.76. The van der Waals surface area contributed by atoms with Gasteiger partial charge in [0.05, 0.1) is 11.7 Å². The number of carbonyl (C=O) groups excluding carboxylic acids is 1. The topological polar surface area (TPSA) is 96.3 Å². The van der Waals surface area contributed by atoms with Crippen LogP contribution in [-0.2, 0) is 11.3 Å². The minimum absolute atomic E-state index is 0.0240. The minimum Gasteiger partial charge on any atom is -0.476 e. The Morgan fingerprint density at radius 3 is 2.61 bits per heavy atom. The first-order chi connectivity index (χ1) is 11.0. The molecule has 1 atom stereocenters. The van der Waals surface area contributed by atoms with Crippen molar-refractivity contribution in [2.75, 3.05) is 10.6 Å². The van der Waals surface area contributed by atoms with Gasteiger partial charge in [-0.2, -0.15) is 5.10 Å². The molecule has 7 heteroatoms. The third-order valence-electron chi connectivity index (χ3n) is 3.80. The van der Waals surface area contributed by atoms with E-state index >= 15 is 0 Å². The van der Waals surface area contributed by atoms with Gasteiger partial charge in [0.25, 0.3) is 0 Å².